The lowest BCUT2D eigenvalue weighted by molar-refractivity contribution is 0.393. The van der Waals surface area contributed by atoms with E-state index in [0.29, 0.717) is 5.88 Å². The number of anilines is 1. The Hall–Kier alpha value is -0.840. The van der Waals surface area contributed by atoms with E-state index in [1.807, 2.05) is 0 Å². The van der Waals surface area contributed by atoms with Crippen LogP contribution in [-0.4, -0.2) is 30.2 Å². The fraction of sp³-hybridized carbons (Fsp3) is 0.636. The van der Waals surface area contributed by atoms with E-state index in [1.165, 1.54) is 0 Å². The maximum absolute atomic E-state index is 5.17. The van der Waals surface area contributed by atoms with Crippen LogP contribution in [0.25, 0.3) is 0 Å². The number of hydrogen-bond donors (Lipinski definition) is 0. The van der Waals surface area contributed by atoms with Crippen molar-refractivity contribution in [1.82, 2.24) is 9.97 Å². The van der Waals surface area contributed by atoms with Gasteiger partial charge in [0.25, 0.3) is 0 Å². The third kappa shape index (κ3) is 3.33. The minimum atomic E-state index is 0.585. The van der Waals surface area contributed by atoms with Gasteiger partial charge in [0, 0.05) is 13.1 Å². The first-order valence-electron chi connectivity index (χ1n) is 5.54. The minimum Gasteiger partial charge on any atom is -0.480 e. The quantitative estimate of drug-likeness (QED) is 0.806. The molecule has 0 bridgehead atoms. The van der Waals surface area contributed by atoms with Crippen molar-refractivity contribution >= 4 is 21.9 Å². The molecule has 5 heteroatoms. The van der Waals surface area contributed by atoms with E-state index in [9.17, 15) is 0 Å². The molecule has 1 aromatic heterocycles. The van der Waals surface area contributed by atoms with Gasteiger partial charge in [-0.05, 0) is 28.8 Å². The Labute approximate surface area is 105 Å². The van der Waals surface area contributed by atoms with Crippen molar-refractivity contribution in [3.8, 4) is 5.88 Å². The smallest absolute Gasteiger partial charge is 0.232 e. The number of aromatic nitrogens is 2. The van der Waals surface area contributed by atoms with Crippen molar-refractivity contribution in [3.05, 3.63) is 10.7 Å². The van der Waals surface area contributed by atoms with Crippen LogP contribution >= 0.6 is 15.9 Å². The number of nitrogens with zero attached hydrogens (tertiary/aromatic N) is 3. The summed E-state index contributed by atoms with van der Waals surface area (Å²) in [6.45, 7) is 6.24. The molecule has 1 aromatic rings. The lowest BCUT2D eigenvalue weighted by Crippen LogP contribution is -2.26. The Morgan fingerprint density at radius 2 is 1.94 bits per heavy atom. The van der Waals surface area contributed by atoms with Gasteiger partial charge in [0.2, 0.25) is 11.8 Å². The first kappa shape index (κ1) is 13.2. The molecule has 4 nitrogen and oxygen atoms in total. The summed E-state index contributed by atoms with van der Waals surface area (Å²) < 4.78 is 5.95. The zero-order chi connectivity index (χ0) is 12.0. The molecule has 0 spiro atoms. The summed E-state index contributed by atoms with van der Waals surface area (Å²) in [5, 5.41) is 0. The van der Waals surface area contributed by atoms with Crippen molar-refractivity contribution < 1.29 is 4.74 Å². The highest BCUT2D eigenvalue weighted by atomic mass is 79.9. The summed E-state index contributed by atoms with van der Waals surface area (Å²) in [4.78, 5) is 10.9. The van der Waals surface area contributed by atoms with Crippen LogP contribution in [0, 0.1) is 0 Å². The maximum Gasteiger partial charge on any atom is 0.232 e. The predicted molar refractivity (Wildman–Crippen MR) is 69.1 cm³/mol. The highest BCUT2D eigenvalue weighted by Gasteiger charge is 2.10. The number of rotatable bonds is 6. The van der Waals surface area contributed by atoms with Gasteiger partial charge in [-0.15, -0.1) is 0 Å². The summed E-state index contributed by atoms with van der Waals surface area (Å²) in [6, 6.07) is 0. The standard InChI is InChI=1S/C11H18BrN3O/c1-4-6-15(7-5-2)11-13-8-9(12)10(14-11)16-3/h8H,4-7H2,1-3H3. The van der Waals surface area contributed by atoms with Crippen LogP contribution in [0.4, 0.5) is 5.95 Å². The molecule has 0 aliphatic heterocycles. The molecule has 0 aromatic carbocycles. The second kappa shape index (κ2) is 6.68. The van der Waals surface area contributed by atoms with E-state index < -0.39 is 0 Å². The molecule has 0 unspecified atom stereocenters. The molecule has 0 aliphatic carbocycles. The first-order valence-corrected chi connectivity index (χ1v) is 6.33. The molecule has 1 rings (SSSR count). The number of methoxy groups -OCH3 is 1. The summed E-state index contributed by atoms with van der Waals surface area (Å²) in [5.74, 6) is 1.32. The van der Waals surface area contributed by atoms with Crippen LogP contribution in [0.2, 0.25) is 0 Å². The fourth-order valence-corrected chi connectivity index (χ4v) is 1.84. The van der Waals surface area contributed by atoms with Gasteiger partial charge in [-0.1, -0.05) is 13.8 Å². The van der Waals surface area contributed by atoms with E-state index in [4.69, 9.17) is 4.74 Å². The molecule has 0 N–H and O–H groups in total. The van der Waals surface area contributed by atoms with E-state index in [2.05, 4.69) is 44.6 Å². The third-order valence-corrected chi connectivity index (χ3v) is 2.71. The number of halogens is 1. The lowest BCUT2D eigenvalue weighted by atomic mass is 10.4. The molecule has 0 atom stereocenters. The van der Waals surface area contributed by atoms with Crippen LogP contribution in [-0.2, 0) is 0 Å². The molecular weight excluding hydrogens is 270 g/mol. The maximum atomic E-state index is 5.17. The molecule has 0 saturated carbocycles. The largest absolute Gasteiger partial charge is 0.480 e. The zero-order valence-electron chi connectivity index (χ0n) is 10.0. The average Bonchev–Trinajstić information content (AvgIpc) is 2.29. The number of hydrogen-bond acceptors (Lipinski definition) is 4. The Morgan fingerprint density at radius 3 is 2.44 bits per heavy atom. The van der Waals surface area contributed by atoms with Crippen molar-refractivity contribution in [2.75, 3.05) is 25.1 Å². The van der Waals surface area contributed by atoms with Crippen molar-refractivity contribution in [2.24, 2.45) is 0 Å². The SMILES string of the molecule is CCCN(CCC)c1ncc(Br)c(OC)n1. The van der Waals surface area contributed by atoms with Gasteiger partial charge in [0.05, 0.1) is 17.8 Å². The summed E-state index contributed by atoms with van der Waals surface area (Å²) in [5.41, 5.74) is 0. The van der Waals surface area contributed by atoms with Gasteiger partial charge in [0.15, 0.2) is 0 Å². The molecule has 0 saturated heterocycles. The molecule has 1 heterocycles. The molecule has 0 radical (unpaired) electrons. The van der Waals surface area contributed by atoms with Gasteiger partial charge in [-0.25, -0.2) is 4.98 Å². The Bertz CT molecular complexity index is 327. The molecule has 0 amide bonds. The highest BCUT2D eigenvalue weighted by Crippen LogP contribution is 2.23. The Morgan fingerprint density at radius 1 is 1.31 bits per heavy atom. The second-order valence-electron chi connectivity index (χ2n) is 3.51. The fourth-order valence-electron chi connectivity index (χ4n) is 1.49. The van der Waals surface area contributed by atoms with Crippen molar-refractivity contribution in [3.63, 3.8) is 0 Å². The minimum absolute atomic E-state index is 0.585. The number of ether oxygens (including phenoxy) is 1. The van der Waals surface area contributed by atoms with Crippen LogP contribution in [0.5, 0.6) is 5.88 Å². The van der Waals surface area contributed by atoms with Gasteiger partial charge in [-0.2, -0.15) is 4.98 Å². The molecule has 90 valence electrons. The molecule has 0 aliphatic rings. The van der Waals surface area contributed by atoms with Gasteiger partial charge in [-0.3, -0.25) is 0 Å². The normalized spacial score (nSPS) is 10.2. The molecular formula is C11H18BrN3O. The van der Waals surface area contributed by atoms with Gasteiger partial charge in [0.1, 0.15) is 0 Å². The van der Waals surface area contributed by atoms with E-state index in [-0.39, 0.29) is 0 Å². The molecule has 0 fully saturated rings. The summed E-state index contributed by atoms with van der Waals surface area (Å²) >= 11 is 3.35. The summed E-state index contributed by atoms with van der Waals surface area (Å²) in [7, 11) is 1.61. The monoisotopic (exact) mass is 287 g/mol. The Balaban J connectivity index is 2.90. The zero-order valence-corrected chi connectivity index (χ0v) is 11.6. The highest BCUT2D eigenvalue weighted by molar-refractivity contribution is 9.10. The second-order valence-corrected chi connectivity index (χ2v) is 4.37. The first-order chi connectivity index (χ1) is 7.72. The lowest BCUT2D eigenvalue weighted by Gasteiger charge is -2.21. The predicted octanol–water partition coefficient (Wildman–Crippen LogP) is 2.87. The Kier molecular flexibility index (Phi) is 5.52. The van der Waals surface area contributed by atoms with Gasteiger partial charge < -0.3 is 9.64 Å². The molecule has 16 heavy (non-hydrogen) atoms. The van der Waals surface area contributed by atoms with Crippen LogP contribution in [0.1, 0.15) is 26.7 Å². The van der Waals surface area contributed by atoms with E-state index in [1.54, 1.807) is 13.3 Å². The third-order valence-electron chi connectivity index (χ3n) is 2.16. The summed E-state index contributed by atoms with van der Waals surface area (Å²) in [6.07, 6.45) is 3.91. The van der Waals surface area contributed by atoms with Crippen LogP contribution in [0.3, 0.4) is 0 Å². The van der Waals surface area contributed by atoms with Crippen LogP contribution in [0.15, 0.2) is 10.7 Å². The van der Waals surface area contributed by atoms with Crippen molar-refractivity contribution in [1.29, 1.82) is 0 Å². The van der Waals surface area contributed by atoms with Crippen molar-refractivity contribution in [2.45, 2.75) is 26.7 Å². The van der Waals surface area contributed by atoms with Crippen LogP contribution < -0.4 is 9.64 Å². The topological polar surface area (TPSA) is 38.2 Å². The average molecular weight is 288 g/mol. The van der Waals surface area contributed by atoms with Gasteiger partial charge >= 0.3 is 0 Å². The van der Waals surface area contributed by atoms with E-state index >= 15 is 0 Å². The van der Waals surface area contributed by atoms with E-state index in [0.717, 1.165) is 36.4 Å².